The molecule has 3 aromatic carbocycles. The molecule has 1 amide bonds. The molecular weight excluding hydrogens is 423 g/mol. The van der Waals surface area contributed by atoms with Crippen LogP contribution in [0, 0.1) is 0 Å². The van der Waals surface area contributed by atoms with E-state index in [-0.39, 0.29) is 12.3 Å². The van der Waals surface area contributed by atoms with E-state index in [1.165, 1.54) is 31.6 Å². The molecule has 0 saturated carbocycles. The number of hydrogen-bond acceptors (Lipinski definition) is 4. The molecule has 164 valence electrons. The highest BCUT2D eigenvalue weighted by atomic mass is 19.4. The molecule has 0 aliphatic carbocycles. The van der Waals surface area contributed by atoms with Crippen LogP contribution in [0.25, 0.3) is 22.1 Å². The average Bonchev–Trinajstić information content (AvgIpc) is 3.22. The van der Waals surface area contributed by atoms with Crippen molar-refractivity contribution in [3.63, 3.8) is 0 Å². The quantitative estimate of drug-likeness (QED) is 0.413. The lowest BCUT2D eigenvalue weighted by Crippen LogP contribution is -2.23. The molecule has 5 nitrogen and oxygen atoms in total. The number of hydrogen-bond donors (Lipinski definition) is 2. The Morgan fingerprint density at radius 1 is 1.09 bits per heavy atom. The van der Waals surface area contributed by atoms with Crippen LogP contribution in [0.4, 0.5) is 13.2 Å². The number of ether oxygens (including phenoxy) is 1. The molecule has 0 unspecified atom stereocenters. The third-order valence-corrected chi connectivity index (χ3v) is 5.07. The van der Waals surface area contributed by atoms with E-state index in [0.717, 1.165) is 23.3 Å². The van der Waals surface area contributed by atoms with Gasteiger partial charge >= 0.3 is 6.18 Å². The van der Waals surface area contributed by atoms with Gasteiger partial charge in [0.25, 0.3) is 5.91 Å². The Morgan fingerprint density at radius 2 is 1.84 bits per heavy atom. The summed E-state index contributed by atoms with van der Waals surface area (Å²) in [5.41, 5.74) is 1.92. The molecule has 1 aromatic heterocycles. The summed E-state index contributed by atoms with van der Waals surface area (Å²) in [4.78, 5) is 12.7. The molecule has 0 spiro atoms. The number of carbonyl (C=O) groups excluding carboxylic acids is 1. The van der Waals surface area contributed by atoms with Gasteiger partial charge < -0.3 is 19.6 Å². The van der Waals surface area contributed by atoms with Gasteiger partial charge in [-0.2, -0.15) is 13.2 Å². The normalized spacial score (nSPS) is 11.5. The molecule has 0 fully saturated rings. The molecule has 0 atom stereocenters. The lowest BCUT2D eigenvalue weighted by molar-refractivity contribution is -0.137. The molecule has 4 aromatic rings. The molecule has 0 saturated heterocycles. The van der Waals surface area contributed by atoms with Crippen LogP contribution in [0.2, 0.25) is 0 Å². The largest absolute Gasteiger partial charge is 0.504 e. The number of para-hydroxylation sites is 1. The Kier molecular flexibility index (Phi) is 5.52. The van der Waals surface area contributed by atoms with Gasteiger partial charge in [0.05, 0.1) is 24.5 Å². The van der Waals surface area contributed by atoms with Crippen molar-refractivity contribution >= 4 is 16.9 Å². The number of furan rings is 1. The first-order valence-electron chi connectivity index (χ1n) is 9.60. The number of methoxy groups -OCH3 is 1. The molecule has 32 heavy (non-hydrogen) atoms. The number of aromatic hydroxyl groups is 1. The molecule has 0 radical (unpaired) electrons. The third kappa shape index (κ3) is 4.12. The lowest BCUT2D eigenvalue weighted by atomic mass is 10.0. The monoisotopic (exact) mass is 441 g/mol. The Balaban J connectivity index is 1.57. The zero-order valence-electron chi connectivity index (χ0n) is 16.9. The molecule has 2 N–H and O–H groups in total. The van der Waals surface area contributed by atoms with Crippen LogP contribution < -0.4 is 10.1 Å². The Bertz CT molecular complexity index is 1280. The fourth-order valence-electron chi connectivity index (χ4n) is 3.39. The van der Waals surface area contributed by atoms with Gasteiger partial charge in [0.1, 0.15) is 5.58 Å². The van der Waals surface area contributed by atoms with E-state index < -0.39 is 17.6 Å². The molecule has 0 aliphatic rings. The number of benzene rings is 3. The average molecular weight is 441 g/mol. The minimum Gasteiger partial charge on any atom is -0.504 e. The van der Waals surface area contributed by atoms with Gasteiger partial charge in [-0.05, 0) is 41.5 Å². The van der Waals surface area contributed by atoms with Gasteiger partial charge in [-0.25, -0.2) is 0 Å². The first-order valence-corrected chi connectivity index (χ1v) is 9.60. The summed E-state index contributed by atoms with van der Waals surface area (Å²) in [5.74, 6) is -0.102. The van der Waals surface area contributed by atoms with E-state index in [9.17, 15) is 23.1 Å². The van der Waals surface area contributed by atoms with Crippen molar-refractivity contribution in [1.82, 2.24) is 5.32 Å². The first kappa shape index (κ1) is 21.3. The molecule has 4 rings (SSSR count). The summed E-state index contributed by atoms with van der Waals surface area (Å²) < 4.78 is 48.9. The Hall–Kier alpha value is -3.94. The van der Waals surface area contributed by atoms with E-state index in [2.05, 4.69) is 5.32 Å². The van der Waals surface area contributed by atoms with Crippen molar-refractivity contribution in [3.8, 4) is 22.6 Å². The number of nitrogens with one attached hydrogen (secondary N) is 1. The fraction of sp³-hybridized carbons (Fsp3) is 0.125. The minimum atomic E-state index is -4.41. The third-order valence-electron chi connectivity index (χ3n) is 5.07. The van der Waals surface area contributed by atoms with Crippen molar-refractivity contribution in [2.75, 3.05) is 7.11 Å². The number of phenolic OH excluding ortho intramolecular Hbond substituents is 1. The van der Waals surface area contributed by atoms with Crippen molar-refractivity contribution in [2.24, 2.45) is 0 Å². The van der Waals surface area contributed by atoms with E-state index >= 15 is 0 Å². The van der Waals surface area contributed by atoms with Gasteiger partial charge in [0, 0.05) is 17.5 Å². The van der Waals surface area contributed by atoms with Crippen LogP contribution in [0.5, 0.6) is 11.5 Å². The molecule has 8 heteroatoms. The van der Waals surface area contributed by atoms with Crippen LogP contribution in [-0.4, -0.2) is 18.1 Å². The first-order chi connectivity index (χ1) is 15.3. The highest BCUT2D eigenvalue weighted by molar-refractivity contribution is 6.08. The Labute approximate surface area is 181 Å². The number of fused-ring (bicyclic) bond motifs is 1. The number of halogens is 3. The topological polar surface area (TPSA) is 71.7 Å². The maximum atomic E-state index is 12.7. The highest BCUT2D eigenvalue weighted by Crippen LogP contribution is 2.37. The van der Waals surface area contributed by atoms with E-state index in [4.69, 9.17) is 9.15 Å². The predicted octanol–water partition coefficient (Wildman–Crippen LogP) is 5.76. The van der Waals surface area contributed by atoms with E-state index in [0.29, 0.717) is 27.8 Å². The van der Waals surface area contributed by atoms with Crippen LogP contribution in [-0.2, 0) is 12.7 Å². The van der Waals surface area contributed by atoms with E-state index in [1.54, 1.807) is 30.3 Å². The van der Waals surface area contributed by atoms with Crippen molar-refractivity contribution in [3.05, 3.63) is 83.6 Å². The molecule has 0 aliphatic heterocycles. The van der Waals surface area contributed by atoms with Crippen molar-refractivity contribution in [2.45, 2.75) is 12.7 Å². The second-order valence-electron chi connectivity index (χ2n) is 7.10. The maximum Gasteiger partial charge on any atom is 0.416 e. The summed E-state index contributed by atoms with van der Waals surface area (Å²) in [7, 11) is 1.45. The van der Waals surface area contributed by atoms with Gasteiger partial charge in [0.2, 0.25) is 0 Å². The predicted molar refractivity (Wildman–Crippen MR) is 112 cm³/mol. The van der Waals surface area contributed by atoms with E-state index in [1.807, 2.05) is 0 Å². The molecule has 0 bridgehead atoms. The smallest absolute Gasteiger partial charge is 0.416 e. The van der Waals surface area contributed by atoms with Crippen LogP contribution in [0.1, 0.15) is 21.5 Å². The highest BCUT2D eigenvalue weighted by Gasteiger charge is 2.29. The van der Waals surface area contributed by atoms with Gasteiger partial charge in [-0.15, -0.1) is 0 Å². The fourth-order valence-corrected chi connectivity index (χ4v) is 3.39. The number of amides is 1. The van der Waals surface area contributed by atoms with Crippen LogP contribution in [0.3, 0.4) is 0 Å². The maximum absolute atomic E-state index is 12.7. The van der Waals surface area contributed by atoms with Gasteiger partial charge in [-0.3, -0.25) is 4.79 Å². The summed E-state index contributed by atoms with van der Waals surface area (Å²) in [6, 6.07) is 14.6. The number of alkyl halides is 3. The van der Waals surface area contributed by atoms with Crippen molar-refractivity contribution < 1.29 is 32.2 Å². The number of rotatable bonds is 5. The SMILES string of the molecule is COc1cc(-c2coc3c(C(=O)NCc4ccc(C(F)(F)F)cc4)cccc23)ccc1O. The summed E-state index contributed by atoms with van der Waals surface area (Å²) in [6.07, 6.45) is -2.89. The number of phenols is 1. The van der Waals surface area contributed by atoms with Gasteiger partial charge in [-0.1, -0.05) is 30.3 Å². The van der Waals surface area contributed by atoms with Crippen LogP contribution in [0.15, 0.2) is 71.3 Å². The van der Waals surface area contributed by atoms with Crippen molar-refractivity contribution in [1.29, 1.82) is 0 Å². The minimum absolute atomic E-state index is 0.00684. The Morgan fingerprint density at radius 3 is 2.53 bits per heavy atom. The van der Waals surface area contributed by atoms with Crippen LogP contribution >= 0.6 is 0 Å². The second kappa shape index (κ2) is 8.30. The number of carbonyl (C=O) groups is 1. The zero-order valence-corrected chi connectivity index (χ0v) is 16.9. The standard InChI is InChI=1S/C24H18F3NO4/c1-31-21-11-15(7-10-20(21)29)19-13-32-22-17(19)3-2-4-18(22)23(30)28-12-14-5-8-16(9-6-14)24(25,26)27/h2-11,13,29H,12H2,1H3,(H,28,30). The lowest BCUT2D eigenvalue weighted by Gasteiger charge is -2.09. The zero-order chi connectivity index (χ0) is 22.9. The summed E-state index contributed by atoms with van der Waals surface area (Å²) in [5, 5.41) is 13.2. The van der Waals surface area contributed by atoms with Gasteiger partial charge in [0.15, 0.2) is 11.5 Å². The second-order valence-corrected chi connectivity index (χ2v) is 7.10. The molecule has 1 heterocycles. The summed E-state index contributed by atoms with van der Waals surface area (Å²) in [6.45, 7) is 0.0656. The molecular formula is C24H18F3NO4. The summed E-state index contributed by atoms with van der Waals surface area (Å²) >= 11 is 0.